The van der Waals surface area contributed by atoms with Crippen LogP contribution in [0.4, 0.5) is 17.6 Å². The monoisotopic (exact) mass is 479 g/mol. The van der Waals surface area contributed by atoms with E-state index < -0.39 is 35.5 Å². The van der Waals surface area contributed by atoms with E-state index in [1.54, 1.807) is 19.9 Å². The minimum Gasteiger partial charge on any atom is -0.478 e. The Morgan fingerprint density at radius 3 is 2.32 bits per heavy atom. The number of halogens is 4. The molecular weight excluding hydrogens is 458 g/mol. The van der Waals surface area contributed by atoms with Crippen molar-refractivity contribution in [3.05, 3.63) is 71.4 Å². The summed E-state index contributed by atoms with van der Waals surface area (Å²) in [7, 11) is 0. The second-order valence-corrected chi connectivity index (χ2v) is 7.55. The number of benzene rings is 1. The first-order chi connectivity index (χ1) is 16.0. The normalized spacial score (nSPS) is 12.4. The number of carbonyl (C=O) groups excluding carboxylic acids is 2. The fourth-order valence-corrected chi connectivity index (χ4v) is 3.02. The second-order valence-electron chi connectivity index (χ2n) is 7.55. The molecule has 2 heterocycles. The van der Waals surface area contributed by atoms with E-state index in [1.165, 1.54) is 36.0 Å². The highest BCUT2D eigenvalue weighted by Gasteiger charge is 2.31. The number of hydrogen-bond acceptors (Lipinski definition) is 5. The lowest BCUT2D eigenvalue weighted by molar-refractivity contribution is -0.137. The molecule has 8 nitrogen and oxygen atoms in total. The van der Waals surface area contributed by atoms with Crippen LogP contribution in [0.5, 0.6) is 5.75 Å². The highest BCUT2D eigenvalue weighted by atomic mass is 19.4. The van der Waals surface area contributed by atoms with Gasteiger partial charge >= 0.3 is 6.18 Å². The van der Waals surface area contributed by atoms with Crippen LogP contribution < -0.4 is 15.6 Å². The minimum atomic E-state index is -4.53. The van der Waals surface area contributed by atoms with Crippen molar-refractivity contribution in [1.29, 1.82) is 0 Å². The van der Waals surface area contributed by atoms with Crippen molar-refractivity contribution in [2.24, 2.45) is 0 Å². The Balaban J connectivity index is 1.72. The van der Waals surface area contributed by atoms with Gasteiger partial charge in [-0.15, -0.1) is 0 Å². The first kappa shape index (κ1) is 24.7. The molecule has 0 aliphatic carbocycles. The van der Waals surface area contributed by atoms with Gasteiger partial charge in [0.1, 0.15) is 0 Å². The maximum atomic E-state index is 13.7. The maximum absolute atomic E-state index is 13.7. The van der Waals surface area contributed by atoms with Gasteiger partial charge in [0, 0.05) is 6.20 Å². The van der Waals surface area contributed by atoms with Crippen LogP contribution in [0.1, 0.15) is 48.3 Å². The zero-order valence-corrected chi connectivity index (χ0v) is 18.4. The third kappa shape index (κ3) is 5.50. The van der Waals surface area contributed by atoms with Crippen molar-refractivity contribution in [1.82, 2.24) is 25.6 Å². The number of amides is 2. The Morgan fingerprint density at radius 2 is 1.74 bits per heavy atom. The van der Waals surface area contributed by atoms with E-state index in [0.29, 0.717) is 11.9 Å². The van der Waals surface area contributed by atoms with Crippen LogP contribution in [0, 0.1) is 5.82 Å². The van der Waals surface area contributed by atoms with Crippen LogP contribution in [0.2, 0.25) is 0 Å². The largest absolute Gasteiger partial charge is 0.478 e. The molecule has 34 heavy (non-hydrogen) atoms. The summed E-state index contributed by atoms with van der Waals surface area (Å²) >= 11 is 0. The standard InChI is InChI=1S/C22H21F4N5O3/c1-12(2)19-15(11-28-31(19)18-9-8-14(10-27-18)22(24,25)26)21(33)30-29-20(32)13(3)34-17-7-5-4-6-16(17)23/h4-13H,1-3H3,(H,29,32)(H,30,33). The molecule has 2 amide bonds. The molecule has 0 saturated heterocycles. The summed E-state index contributed by atoms with van der Waals surface area (Å²) in [4.78, 5) is 28.8. The molecule has 0 aliphatic heterocycles. The van der Waals surface area contributed by atoms with E-state index in [4.69, 9.17) is 4.74 Å². The third-order valence-corrected chi connectivity index (χ3v) is 4.70. The number of hydrazine groups is 1. The number of nitrogens with one attached hydrogen (secondary N) is 2. The lowest BCUT2D eigenvalue weighted by atomic mass is 10.1. The molecule has 0 spiro atoms. The highest BCUT2D eigenvalue weighted by molar-refractivity contribution is 5.96. The van der Waals surface area contributed by atoms with Crippen molar-refractivity contribution >= 4 is 11.8 Å². The van der Waals surface area contributed by atoms with Crippen molar-refractivity contribution in [3.8, 4) is 11.6 Å². The van der Waals surface area contributed by atoms with Crippen LogP contribution in [-0.4, -0.2) is 32.7 Å². The van der Waals surface area contributed by atoms with Gasteiger partial charge < -0.3 is 4.74 Å². The second kappa shape index (κ2) is 9.89. The predicted octanol–water partition coefficient (Wildman–Crippen LogP) is 3.78. The van der Waals surface area contributed by atoms with E-state index in [-0.39, 0.29) is 23.0 Å². The Labute approximate surface area is 191 Å². The first-order valence-electron chi connectivity index (χ1n) is 10.1. The van der Waals surface area contributed by atoms with Gasteiger partial charge in [-0.3, -0.25) is 20.4 Å². The molecule has 1 aromatic carbocycles. The molecule has 0 aliphatic rings. The average molecular weight is 479 g/mol. The van der Waals surface area contributed by atoms with Gasteiger partial charge in [-0.1, -0.05) is 26.0 Å². The molecule has 0 radical (unpaired) electrons. The fourth-order valence-electron chi connectivity index (χ4n) is 3.02. The van der Waals surface area contributed by atoms with Gasteiger partial charge in [0.2, 0.25) is 0 Å². The number of aromatic nitrogens is 3. The fraction of sp³-hybridized carbons (Fsp3) is 0.273. The number of hydrogen-bond donors (Lipinski definition) is 2. The predicted molar refractivity (Wildman–Crippen MR) is 113 cm³/mol. The summed E-state index contributed by atoms with van der Waals surface area (Å²) in [5.41, 5.74) is 3.97. The summed E-state index contributed by atoms with van der Waals surface area (Å²) in [6.07, 6.45) is -3.76. The van der Waals surface area contributed by atoms with E-state index >= 15 is 0 Å². The zero-order chi connectivity index (χ0) is 25.0. The molecule has 0 saturated carbocycles. The van der Waals surface area contributed by atoms with Crippen LogP contribution >= 0.6 is 0 Å². The number of carbonyl (C=O) groups is 2. The van der Waals surface area contributed by atoms with Gasteiger partial charge in [-0.05, 0) is 37.1 Å². The summed E-state index contributed by atoms with van der Waals surface area (Å²) in [5.74, 6) is -2.40. The number of nitrogens with zero attached hydrogens (tertiary/aromatic N) is 3. The van der Waals surface area contributed by atoms with Crippen LogP contribution in [0.3, 0.4) is 0 Å². The molecule has 3 rings (SSSR count). The lowest BCUT2D eigenvalue weighted by Crippen LogP contribution is -2.47. The summed E-state index contributed by atoms with van der Waals surface area (Å²) < 4.78 is 58.6. The molecule has 2 N–H and O–H groups in total. The van der Waals surface area contributed by atoms with Gasteiger partial charge in [0.05, 0.1) is 23.0 Å². The molecule has 0 fully saturated rings. The van der Waals surface area contributed by atoms with E-state index in [0.717, 1.165) is 12.1 Å². The van der Waals surface area contributed by atoms with E-state index in [1.807, 2.05) is 0 Å². The van der Waals surface area contributed by atoms with Crippen LogP contribution in [0.25, 0.3) is 5.82 Å². The number of rotatable bonds is 6. The molecule has 3 aromatic rings. The molecule has 1 atom stereocenters. The van der Waals surface area contributed by atoms with Crippen molar-refractivity contribution in [3.63, 3.8) is 0 Å². The van der Waals surface area contributed by atoms with Gasteiger partial charge in [-0.2, -0.15) is 18.3 Å². The van der Waals surface area contributed by atoms with Crippen LogP contribution in [0.15, 0.2) is 48.8 Å². The average Bonchev–Trinajstić information content (AvgIpc) is 3.24. The third-order valence-electron chi connectivity index (χ3n) is 4.70. The topological polar surface area (TPSA) is 98.1 Å². The summed E-state index contributed by atoms with van der Waals surface area (Å²) in [5, 5.41) is 4.08. The van der Waals surface area contributed by atoms with E-state index in [9.17, 15) is 27.2 Å². The molecule has 2 aromatic heterocycles. The smallest absolute Gasteiger partial charge is 0.417 e. The number of para-hydroxylation sites is 1. The number of ether oxygens (including phenoxy) is 1. The Hall–Kier alpha value is -3.96. The minimum absolute atomic E-state index is 0.0830. The quantitative estimate of drug-likeness (QED) is 0.414. The van der Waals surface area contributed by atoms with E-state index in [2.05, 4.69) is 20.9 Å². The molecule has 1 unspecified atom stereocenters. The van der Waals surface area contributed by atoms with Crippen LogP contribution in [-0.2, 0) is 11.0 Å². The van der Waals surface area contributed by atoms with Crippen molar-refractivity contribution in [2.45, 2.75) is 39.0 Å². The Bertz CT molecular complexity index is 1180. The van der Waals surface area contributed by atoms with Gasteiger partial charge in [0.25, 0.3) is 11.8 Å². The van der Waals surface area contributed by atoms with Crippen molar-refractivity contribution < 1.29 is 31.9 Å². The SMILES string of the molecule is CC(Oc1ccccc1F)C(=O)NNC(=O)c1cnn(-c2ccc(C(F)(F)F)cn2)c1C(C)C. The first-order valence-corrected chi connectivity index (χ1v) is 10.1. The molecular formula is C22H21F4N5O3. The number of pyridine rings is 1. The summed E-state index contributed by atoms with van der Waals surface area (Å²) in [6, 6.07) is 7.56. The number of alkyl halides is 3. The lowest BCUT2D eigenvalue weighted by Gasteiger charge is -2.16. The van der Waals surface area contributed by atoms with Gasteiger partial charge in [-0.25, -0.2) is 14.1 Å². The highest BCUT2D eigenvalue weighted by Crippen LogP contribution is 2.29. The molecule has 0 bridgehead atoms. The van der Waals surface area contributed by atoms with Gasteiger partial charge in [0.15, 0.2) is 23.5 Å². The Morgan fingerprint density at radius 1 is 1.03 bits per heavy atom. The summed E-state index contributed by atoms with van der Waals surface area (Å²) in [6.45, 7) is 4.90. The van der Waals surface area contributed by atoms with Crippen molar-refractivity contribution in [2.75, 3.05) is 0 Å². The molecule has 12 heteroatoms. The molecule has 180 valence electrons. The maximum Gasteiger partial charge on any atom is 0.417 e. The Kier molecular flexibility index (Phi) is 7.18. The zero-order valence-electron chi connectivity index (χ0n) is 18.4.